The molecule has 1 fully saturated rings. The highest BCUT2D eigenvalue weighted by molar-refractivity contribution is 6.22. The van der Waals surface area contributed by atoms with Gasteiger partial charge < -0.3 is 14.9 Å². The summed E-state index contributed by atoms with van der Waals surface area (Å²) >= 11 is 0. The van der Waals surface area contributed by atoms with Gasteiger partial charge in [-0.15, -0.1) is 0 Å². The number of carbonyl (C=O) groups excluding carboxylic acids is 2. The Bertz CT molecular complexity index is 669. The first-order valence-electron chi connectivity index (χ1n) is 8.56. The number of fused-ring (bicyclic) bond motifs is 1. The summed E-state index contributed by atoms with van der Waals surface area (Å²) < 4.78 is 5.40. The molecule has 25 heavy (non-hydrogen) atoms. The number of aliphatic carboxylic acids is 1. The number of aliphatic hydroxyl groups excluding tert-OH is 1. The number of carbonyl (C=O) groups is 3. The second-order valence-corrected chi connectivity index (χ2v) is 6.43. The van der Waals surface area contributed by atoms with E-state index in [0.29, 0.717) is 0 Å². The molecule has 0 bridgehead atoms. The number of unbranched alkanes of at least 4 members (excludes halogenated alkanes) is 3. The quantitative estimate of drug-likeness (QED) is 0.376. The van der Waals surface area contributed by atoms with Gasteiger partial charge in [-0.25, -0.2) is 4.79 Å². The molecule has 0 aromatic carbocycles. The zero-order valence-electron chi connectivity index (χ0n) is 14.6. The van der Waals surface area contributed by atoms with Crippen LogP contribution in [0.4, 0.5) is 0 Å². The van der Waals surface area contributed by atoms with Crippen LogP contribution in [0.1, 0.15) is 46.0 Å². The molecule has 1 saturated heterocycles. The second-order valence-electron chi connectivity index (χ2n) is 6.43. The number of rotatable bonds is 9. The molecule has 2 rings (SSSR count). The van der Waals surface area contributed by atoms with E-state index in [1.165, 1.54) is 13.0 Å². The van der Waals surface area contributed by atoms with Crippen molar-refractivity contribution in [2.75, 3.05) is 6.61 Å². The number of allylic oxidation sites excluding steroid dienone is 2. The maximum Gasteiger partial charge on any atom is 0.330 e. The molecule has 1 aliphatic heterocycles. The third-order valence-electron chi connectivity index (χ3n) is 4.65. The third-order valence-corrected chi connectivity index (χ3v) is 4.65. The summed E-state index contributed by atoms with van der Waals surface area (Å²) in [5, 5.41) is 18.4. The highest BCUT2D eigenvalue weighted by Crippen LogP contribution is 2.48. The van der Waals surface area contributed by atoms with E-state index in [1.807, 2.05) is 6.08 Å². The lowest BCUT2D eigenvalue weighted by atomic mass is 9.79. The van der Waals surface area contributed by atoms with Gasteiger partial charge in [-0.2, -0.15) is 0 Å². The maximum atomic E-state index is 12.8. The number of carboxylic acid groups (broad SMARTS) is 1. The maximum absolute atomic E-state index is 12.8. The summed E-state index contributed by atoms with van der Waals surface area (Å²) in [6, 6.07) is 0. The van der Waals surface area contributed by atoms with Crippen molar-refractivity contribution < 1.29 is 29.3 Å². The van der Waals surface area contributed by atoms with Crippen molar-refractivity contribution >= 4 is 17.5 Å². The van der Waals surface area contributed by atoms with E-state index < -0.39 is 30.1 Å². The Morgan fingerprint density at radius 2 is 2.04 bits per heavy atom. The lowest BCUT2D eigenvalue weighted by molar-refractivity contribution is -0.132. The van der Waals surface area contributed by atoms with Gasteiger partial charge in [0.15, 0.2) is 23.3 Å². The number of aliphatic hydroxyl groups is 1. The molecular formula is C19H24O6. The lowest BCUT2D eigenvalue weighted by Gasteiger charge is -2.18. The van der Waals surface area contributed by atoms with Crippen LogP contribution in [0.25, 0.3) is 0 Å². The Morgan fingerprint density at radius 1 is 1.32 bits per heavy atom. The average molecular weight is 348 g/mol. The number of ether oxygens (including phenoxy) is 1. The summed E-state index contributed by atoms with van der Waals surface area (Å²) in [5.74, 6) is -1.83. The molecule has 6 heteroatoms. The van der Waals surface area contributed by atoms with Crippen molar-refractivity contribution in [2.45, 2.75) is 57.7 Å². The summed E-state index contributed by atoms with van der Waals surface area (Å²) in [6.45, 7) is 3.01. The van der Waals surface area contributed by atoms with Gasteiger partial charge in [0.05, 0.1) is 6.61 Å². The number of ketones is 2. The molecule has 1 heterocycles. The van der Waals surface area contributed by atoms with Crippen LogP contribution in [0.3, 0.4) is 0 Å². The first-order chi connectivity index (χ1) is 11.9. The van der Waals surface area contributed by atoms with Gasteiger partial charge in [0.2, 0.25) is 0 Å². The van der Waals surface area contributed by atoms with Gasteiger partial charge in [0, 0.05) is 23.1 Å². The first kappa shape index (κ1) is 19.3. The Hall–Kier alpha value is -2.05. The minimum Gasteiger partial charge on any atom is -0.478 e. The second kappa shape index (κ2) is 7.89. The topological polar surface area (TPSA) is 104 Å². The van der Waals surface area contributed by atoms with E-state index in [-0.39, 0.29) is 28.9 Å². The monoisotopic (exact) mass is 348 g/mol. The minimum absolute atomic E-state index is 0.0340. The van der Waals surface area contributed by atoms with Crippen LogP contribution in [0.15, 0.2) is 34.9 Å². The normalized spacial score (nSPS) is 26.4. The van der Waals surface area contributed by atoms with Crippen molar-refractivity contribution in [3.63, 3.8) is 0 Å². The SMILES string of the molecule is CCCCC/C=C/C1=C(CO)C(=O)[C@@H]2O[C@@]2(C/C=C(\C)C(=O)O)C1=O. The molecule has 2 N–H and O–H groups in total. The van der Waals surface area contributed by atoms with E-state index in [0.717, 1.165) is 25.7 Å². The number of hydrogen-bond acceptors (Lipinski definition) is 5. The molecule has 1 aliphatic carbocycles. The largest absolute Gasteiger partial charge is 0.478 e. The van der Waals surface area contributed by atoms with E-state index in [1.54, 1.807) is 6.08 Å². The Balaban J connectivity index is 2.22. The fourth-order valence-corrected chi connectivity index (χ4v) is 2.96. The molecule has 2 atom stereocenters. The number of hydrogen-bond donors (Lipinski definition) is 2. The van der Waals surface area contributed by atoms with Crippen LogP contribution in [-0.2, 0) is 19.1 Å². The lowest BCUT2D eigenvalue weighted by Crippen LogP contribution is -2.38. The van der Waals surface area contributed by atoms with Crippen LogP contribution in [0.5, 0.6) is 0 Å². The van der Waals surface area contributed by atoms with Crippen molar-refractivity contribution in [3.05, 3.63) is 34.9 Å². The number of epoxide rings is 1. The molecule has 6 nitrogen and oxygen atoms in total. The van der Waals surface area contributed by atoms with Crippen LogP contribution < -0.4 is 0 Å². The van der Waals surface area contributed by atoms with Crippen molar-refractivity contribution in [1.82, 2.24) is 0 Å². The molecule has 0 spiro atoms. The highest BCUT2D eigenvalue weighted by Gasteiger charge is 2.68. The fraction of sp³-hybridized carbons (Fsp3) is 0.526. The molecule has 0 amide bonds. The summed E-state index contributed by atoms with van der Waals surface area (Å²) in [4.78, 5) is 36.2. The zero-order valence-corrected chi connectivity index (χ0v) is 14.6. The predicted molar refractivity (Wildman–Crippen MR) is 91.0 cm³/mol. The highest BCUT2D eigenvalue weighted by atomic mass is 16.6. The summed E-state index contributed by atoms with van der Waals surface area (Å²) in [7, 11) is 0. The molecule has 0 aromatic heterocycles. The third kappa shape index (κ3) is 3.80. The Morgan fingerprint density at radius 3 is 2.64 bits per heavy atom. The van der Waals surface area contributed by atoms with Gasteiger partial charge in [-0.3, -0.25) is 9.59 Å². The Labute approximate surface area is 146 Å². The standard InChI is InChI=1S/C19H24O6/c1-3-4-5-6-7-8-13-14(11-20)15(21)17-19(25-17,16(13)22)10-9-12(2)18(23)24/h7-9,17,20H,3-6,10-11H2,1-2H3,(H,23,24)/b8-7+,12-9+/t17-,19-/m0/s1. The number of Topliss-reactive ketones (excluding diaryl/α,β-unsaturated/α-hetero) is 2. The van der Waals surface area contributed by atoms with E-state index in [2.05, 4.69) is 6.92 Å². The van der Waals surface area contributed by atoms with E-state index in [4.69, 9.17) is 9.84 Å². The molecular weight excluding hydrogens is 324 g/mol. The van der Waals surface area contributed by atoms with Crippen LogP contribution in [-0.4, -0.2) is 46.1 Å². The van der Waals surface area contributed by atoms with E-state index in [9.17, 15) is 19.5 Å². The zero-order chi connectivity index (χ0) is 18.6. The van der Waals surface area contributed by atoms with Gasteiger partial charge in [-0.1, -0.05) is 38.0 Å². The van der Waals surface area contributed by atoms with Crippen LogP contribution in [0, 0.1) is 0 Å². The van der Waals surface area contributed by atoms with Crippen molar-refractivity contribution in [2.24, 2.45) is 0 Å². The smallest absolute Gasteiger partial charge is 0.330 e. The summed E-state index contributed by atoms with van der Waals surface area (Å²) in [5.41, 5.74) is -0.958. The van der Waals surface area contributed by atoms with Crippen LogP contribution in [0.2, 0.25) is 0 Å². The first-order valence-corrected chi connectivity index (χ1v) is 8.56. The minimum atomic E-state index is -1.31. The average Bonchev–Trinajstić information content (AvgIpc) is 3.33. The van der Waals surface area contributed by atoms with Gasteiger partial charge in [0.1, 0.15) is 0 Å². The van der Waals surface area contributed by atoms with Gasteiger partial charge in [-0.05, 0) is 19.8 Å². The summed E-state index contributed by atoms with van der Waals surface area (Å²) in [6.07, 6.45) is 7.88. The molecule has 0 aromatic rings. The van der Waals surface area contributed by atoms with Crippen LogP contribution >= 0.6 is 0 Å². The van der Waals surface area contributed by atoms with Crippen molar-refractivity contribution in [3.8, 4) is 0 Å². The fourth-order valence-electron chi connectivity index (χ4n) is 2.96. The van der Waals surface area contributed by atoms with Gasteiger partial charge >= 0.3 is 5.97 Å². The molecule has 136 valence electrons. The molecule has 0 unspecified atom stereocenters. The number of carboxylic acids is 1. The predicted octanol–water partition coefficient (Wildman–Crippen LogP) is 2.12. The van der Waals surface area contributed by atoms with Gasteiger partial charge in [0.25, 0.3) is 0 Å². The molecule has 2 aliphatic rings. The van der Waals surface area contributed by atoms with Crippen molar-refractivity contribution in [1.29, 1.82) is 0 Å². The molecule has 0 saturated carbocycles. The molecule has 0 radical (unpaired) electrons. The van der Waals surface area contributed by atoms with E-state index >= 15 is 0 Å². The Kier molecular flexibility index (Phi) is 6.08.